The predicted molar refractivity (Wildman–Crippen MR) is 95.2 cm³/mol. The van der Waals surface area contributed by atoms with Gasteiger partial charge >= 0.3 is 0 Å². The van der Waals surface area contributed by atoms with Crippen LogP contribution in [0, 0.1) is 11.8 Å². The zero-order chi connectivity index (χ0) is 16.3. The van der Waals surface area contributed by atoms with Gasteiger partial charge in [-0.05, 0) is 41.3 Å². The topological polar surface area (TPSA) is 12.0 Å². The second kappa shape index (κ2) is 6.73. The lowest BCUT2D eigenvalue weighted by atomic mass is 9.92. The van der Waals surface area contributed by atoms with Gasteiger partial charge in [0.25, 0.3) is 0 Å². The Morgan fingerprint density at radius 1 is 0.952 bits per heavy atom. The maximum Gasteiger partial charge on any atom is 0.0217 e. The van der Waals surface area contributed by atoms with Gasteiger partial charge in [0.05, 0.1) is 0 Å². The predicted octanol–water partition coefficient (Wildman–Crippen LogP) is 4.75. The number of hydrogen-bond donors (Lipinski definition) is 1. The van der Waals surface area contributed by atoms with Crippen molar-refractivity contribution in [3.63, 3.8) is 0 Å². The van der Waals surface area contributed by atoms with Crippen LogP contribution in [0.2, 0.25) is 0 Å². The summed E-state index contributed by atoms with van der Waals surface area (Å²) in [4.78, 5) is 0. The SMILES string of the molecule is C=CC(=C)C(=C)C1C(NCC)C1C(=C)C(=C)C(=C)C(=C)C. The lowest BCUT2D eigenvalue weighted by Gasteiger charge is -2.13. The Hall–Kier alpha value is -1.86. The van der Waals surface area contributed by atoms with E-state index in [2.05, 4.69) is 58.3 Å². The van der Waals surface area contributed by atoms with Crippen molar-refractivity contribution in [2.45, 2.75) is 19.9 Å². The van der Waals surface area contributed by atoms with E-state index in [-0.39, 0.29) is 5.92 Å². The summed E-state index contributed by atoms with van der Waals surface area (Å²) in [7, 11) is 0. The highest BCUT2D eigenvalue weighted by molar-refractivity contribution is 5.56. The van der Waals surface area contributed by atoms with Gasteiger partial charge in [-0.1, -0.05) is 64.6 Å². The quantitative estimate of drug-likeness (QED) is 0.601. The normalized spacial score (nSPS) is 23.0. The smallest absolute Gasteiger partial charge is 0.0217 e. The van der Waals surface area contributed by atoms with Gasteiger partial charge in [-0.15, -0.1) is 0 Å². The van der Waals surface area contributed by atoms with Crippen molar-refractivity contribution in [3.8, 4) is 0 Å². The van der Waals surface area contributed by atoms with Crippen molar-refractivity contribution < 1.29 is 0 Å². The Labute approximate surface area is 129 Å². The van der Waals surface area contributed by atoms with Crippen LogP contribution in [0.5, 0.6) is 0 Å². The third-order valence-corrected chi connectivity index (χ3v) is 4.19. The lowest BCUT2D eigenvalue weighted by molar-refractivity contribution is 0.677. The molecule has 0 amide bonds. The van der Waals surface area contributed by atoms with Crippen molar-refractivity contribution in [3.05, 3.63) is 85.6 Å². The van der Waals surface area contributed by atoms with Crippen molar-refractivity contribution in [1.82, 2.24) is 5.32 Å². The molecule has 21 heavy (non-hydrogen) atoms. The first-order valence-corrected chi connectivity index (χ1v) is 7.24. The molecule has 3 unspecified atom stereocenters. The Balaban J connectivity index is 2.92. The van der Waals surface area contributed by atoms with E-state index in [0.29, 0.717) is 12.0 Å². The lowest BCUT2D eigenvalue weighted by Crippen LogP contribution is -2.19. The summed E-state index contributed by atoms with van der Waals surface area (Å²) in [6.07, 6.45) is 1.76. The fourth-order valence-corrected chi connectivity index (χ4v) is 2.67. The largest absolute Gasteiger partial charge is 0.313 e. The van der Waals surface area contributed by atoms with E-state index in [1.165, 1.54) is 0 Å². The summed E-state index contributed by atoms with van der Waals surface area (Å²) in [6.45, 7) is 33.2. The van der Waals surface area contributed by atoms with Gasteiger partial charge in [-0.25, -0.2) is 0 Å². The first-order chi connectivity index (χ1) is 9.77. The van der Waals surface area contributed by atoms with E-state index >= 15 is 0 Å². The van der Waals surface area contributed by atoms with Crippen molar-refractivity contribution >= 4 is 0 Å². The van der Waals surface area contributed by atoms with Crippen LogP contribution >= 0.6 is 0 Å². The third-order valence-electron chi connectivity index (χ3n) is 4.19. The zero-order valence-corrected chi connectivity index (χ0v) is 13.5. The maximum absolute atomic E-state index is 4.23. The average Bonchev–Trinajstić information content (AvgIpc) is 3.17. The summed E-state index contributed by atoms with van der Waals surface area (Å²) in [5.74, 6) is 0.593. The average molecular weight is 281 g/mol. The summed E-state index contributed by atoms with van der Waals surface area (Å²) < 4.78 is 0. The molecule has 1 aliphatic carbocycles. The highest BCUT2D eigenvalue weighted by Gasteiger charge is 2.52. The first-order valence-electron chi connectivity index (χ1n) is 7.24. The van der Waals surface area contributed by atoms with Gasteiger partial charge < -0.3 is 5.32 Å². The summed E-state index contributed by atoms with van der Waals surface area (Å²) in [5, 5.41) is 3.49. The monoisotopic (exact) mass is 281 g/mol. The van der Waals surface area contributed by atoms with Crippen LogP contribution in [-0.2, 0) is 0 Å². The molecular weight excluding hydrogens is 254 g/mol. The summed E-state index contributed by atoms with van der Waals surface area (Å²) in [6, 6.07) is 0.335. The van der Waals surface area contributed by atoms with E-state index in [0.717, 1.165) is 40.0 Å². The summed E-state index contributed by atoms with van der Waals surface area (Å²) in [5.41, 5.74) is 5.60. The van der Waals surface area contributed by atoms with Crippen molar-refractivity contribution in [2.24, 2.45) is 11.8 Å². The maximum atomic E-state index is 4.23. The molecular formula is C20H27N. The molecule has 1 N–H and O–H groups in total. The van der Waals surface area contributed by atoms with E-state index in [1.54, 1.807) is 6.08 Å². The molecule has 1 rings (SSSR count). The van der Waals surface area contributed by atoms with Crippen LogP contribution in [-0.4, -0.2) is 12.6 Å². The molecule has 0 aromatic carbocycles. The first kappa shape index (κ1) is 17.2. The second-order valence-electron chi connectivity index (χ2n) is 5.65. The Morgan fingerprint density at radius 2 is 1.48 bits per heavy atom. The van der Waals surface area contributed by atoms with Crippen LogP contribution in [0.3, 0.4) is 0 Å². The molecule has 0 heterocycles. The van der Waals surface area contributed by atoms with Gasteiger partial charge in [0.2, 0.25) is 0 Å². The van der Waals surface area contributed by atoms with E-state index < -0.39 is 0 Å². The Kier molecular flexibility index (Phi) is 5.51. The molecule has 0 aliphatic heterocycles. The van der Waals surface area contributed by atoms with Crippen LogP contribution in [0.4, 0.5) is 0 Å². The minimum absolute atomic E-state index is 0.290. The van der Waals surface area contributed by atoms with Crippen LogP contribution in [0.25, 0.3) is 0 Å². The molecule has 1 heteroatoms. The fourth-order valence-electron chi connectivity index (χ4n) is 2.67. The van der Waals surface area contributed by atoms with Gasteiger partial charge in [0.15, 0.2) is 0 Å². The number of rotatable bonds is 9. The molecule has 0 aromatic rings. The number of hydrogen-bond acceptors (Lipinski definition) is 1. The van der Waals surface area contributed by atoms with Crippen LogP contribution in [0.15, 0.2) is 85.6 Å². The molecule has 3 atom stereocenters. The standard InChI is InChI=1S/C20H27N/c1-10-13(5)15(7)18-19(20(18)21-11-2)17(9)16(8)14(6)12(3)4/h10,18-21H,1,3,5-9,11H2,2,4H3. The van der Waals surface area contributed by atoms with Gasteiger partial charge in [0.1, 0.15) is 0 Å². The highest BCUT2D eigenvalue weighted by atomic mass is 15.0. The van der Waals surface area contributed by atoms with Gasteiger partial charge in [0, 0.05) is 17.9 Å². The van der Waals surface area contributed by atoms with E-state index in [4.69, 9.17) is 0 Å². The van der Waals surface area contributed by atoms with E-state index in [1.807, 2.05) is 6.92 Å². The molecule has 112 valence electrons. The Morgan fingerprint density at radius 3 is 1.90 bits per heavy atom. The second-order valence-corrected chi connectivity index (χ2v) is 5.65. The molecule has 1 aliphatic rings. The minimum Gasteiger partial charge on any atom is -0.313 e. The molecule has 1 fully saturated rings. The molecule has 0 bridgehead atoms. The molecule has 0 saturated heterocycles. The van der Waals surface area contributed by atoms with Gasteiger partial charge in [-0.3, -0.25) is 0 Å². The molecule has 1 saturated carbocycles. The van der Waals surface area contributed by atoms with E-state index in [9.17, 15) is 0 Å². The third kappa shape index (κ3) is 3.43. The number of nitrogens with one attached hydrogen (secondary N) is 1. The number of allylic oxidation sites excluding steroid dienone is 5. The molecule has 1 nitrogen and oxygen atoms in total. The zero-order valence-electron chi connectivity index (χ0n) is 13.5. The van der Waals surface area contributed by atoms with Crippen LogP contribution < -0.4 is 5.32 Å². The van der Waals surface area contributed by atoms with Crippen molar-refractivity contribution in [2.75, 3.05) is 6.54 Å². The summed E-state index contributed by atoms with van der Waals surface area (Å²) >= 11 is 0. The minimum atomic E-state index is 0.290. The highest BCUT2D eigenvalue weighted by Crippen LogP contribution is 2.52. The molecule has 0 spiro atoms. The molecule has 0 radical (unpaired) electrons. The Bertz CT molecular complexity index is 544. The van der Waals surface area contributed by atoms with Gasteiger partial charge in [-0.2, -0.15) is 0 Å². The molecule has 0 aromatic heterocycles. The van der Waals surface area contributed by atoms with Crippen molar-refractivity contribution in [1.29, 1.82) is 0 Å². The van der Waals surface area contributed by atoms with Crippen LogP contribution in [0.1, 0.15) is 13.8 Å². The fraction of sp³-hybridized carbons (Fsp3) is 0.300.